The van der Waals surface area contributed by atoms with Crippen molar-refractivity contribution in [2.45, 2.75) is 50.8 Å². The fourth-order valence-corrected chi connectivity index (χ4v) is 3.42. The topological polar surface area (TPSA) is 58.2 Å². The number of amides is 2. The minimum absolute atomic E-state index is 0.00513. The molecule has 2 aromatic rings. The van der Waals surface area contributed by atoms with Crippen LogP contribution in [0, 0.1) is 5.92 Å². The molecule has 0 saturated heterocycles. The van der Waals surface area contributed by atoms with Gasteiger partial charge >= 0.3 is 0 Å². The molecule has 0 aromatic heterocycles. The predicted molar refractivity (Wildman–Crippen MR) is 113 cm³/mol. The summed E-state index contributed by atoms with van der Waals surface area (Å²) < 4.78 is 0. The van der Waals surface area contributed by atoms with Crippen molar-refractivity contribution in [1.82, 2.24) is 5.32 Å². The van der Waals surface area contributed by atoms with E-state index in [2.05, 4.69) is 24.5 Å². The third kappa shape index (κ3) is 7.47. The first-order valence-corrected chi connectivity index (χ1v) is 10.1. The Bertz CT molecular complexity index is 770. The number of carbonyl (C=O) groups excluding carboxylic acids is 2. The molecule has 0 bridgehead atoms. The zero-order valence-corrected chi connectivity index (χ0v) is 17.2. The van der Waals surface area contributed by atoms with Crippen molar-refractivity contribution < 1.29 is 9.59 Å². The van der Waals surface area contributed by atoms with Gasteiger partial charge in [0.05, 0.1) is 0 Å². The van der Waals surface area contributed by atoms with Crippen LogP contribution in [0.4, 0.5) is 5.69 Å². The number of hydrogen-bond acceptors (Lipinski definition) is 3. The van der Waals surface area contributed by atoms with Gasteiger partial charge in [0.15, 0.2) is 0 Å². The Morgan fingerprint density at radius 2 is 1.70 bits per heavy atom. The fourth-order valence-electron chi connectivity index (χ4n) is 2.58. The number of rotatable bonds is 8. The lowest BCUT2D eigenvalue weighted by molar-refractivity contribution is -0.116. The van der Waals surface area contributed by atoms with Crippen molar-refractivity contribution >= 4 is 29.3 Å². The standard InChI is InChI=1S/C22H28N2O2S/c1-15(2)12-21(25)24-19-7-5-6-17(13-19)14-23-22(26)18-8-10-20(11-9-18)27-16(3)4/h5-11,13,15-16H,12,14H2,1-4H3,(H,23,26)(H,24,25). The molecule has 0 radical (unpaired) electrons. The summed E-state index contributed by atoms with van der Waals surface area (Å²) in [6.07, 6.45) is 0.492. The smallest absolute Gasteiger partial charge is 0.251 e. The fraction of sp³-hybridized carbons (Fsp3) is 0.364. The first-order valence-electron chi connectivity index (χ1n) is 9.27. The summed E-state index contributed by atoms with van der Waals surface area (Å²) in [5, 5.41) is 6.34. The maximum absolute atomic E-state index is 12.3. The number of thioether (sulfide) groups is 1. The van der Waals surface area contributed by atoms with E-state index in [-0.39, 0.29) is 11.8 Å². The number of benzene rings is 2. The van der Waals surface area contributed by atoms with E-state index in [1.165, 1.54) is 0 Å². The van der Waals surface area contributed by atoms with Gasteiger partial charge in [-0.15, -0.1) is 11.8 Å². The molecule has 2 aromatic carbocycles. The van der Waals surface area contributed by atoms with Gasteiger partial charge in [-0.25, -0.2) is 0 Å². The van der Waals surface area contributed by atoms with Crippen molar-refractivity contribution in [2.24, 2.45) is 5.92 Å². The molecule has 0 spiro atoms. The Hall–Kier alpha value is -2.27. The second-order valence-corrected chi connectivity index (χ2v) is 8.87. The van der Waals surface area contributed by atoms with Crippen LogP contribution in [0.2, 0.25) is 0 Å². The van der Waals surface area contributed by atoms with E-state index in [9.17, 15) is 9.59 Å². The normalized spacial score (nSPS) is 10.9. The predicted octanol–water partition coefficient (Wildman–Crippen LogP) is 5.10. The molecule has 0 fully saturated rings. The van der Waals surface area contributed by atoms with Gasteiger partial charge in [0.25, 0.3) is 5.91 Å². The SMILES string of the molecule is CC(C)CC(=O)Nc1cccc(CNC(=O)c2ccc(SC(C)C)cc2)c1. The zero-order valence-electron chi connectivity index (χ0n) is 16.4. The van der Waals surface area contributed by atoms with Gasteiger partial charge in [-0.1, -0.05) is 39.8 Å². The maximum atomic E-state index is 12.3. The lowest BCUT2D eigenvalue weighted by Gasteiger charge is -2.10. The summed E-state index contributed by atoms with van der Waals surface area (Å²) in [5.41, 5.74) is 2.34. The van der Waals surface area contributed by atoms with E-state index in [0.717, 1.165) is 16.1 Å². The minimum Gasteiger partial charge on any atom is -0.348 e. The Labute approximate surface area is 166 Å². The lowest BCUT2D eigenvalue weighted by Crippen LogP contribution is -2.22. The molecule has 27 heavy (non-hydrogen) atoms. The molecule has 2 amide bonds. The maximum Gasteiger partial charge on any atom is 0.251 e. The van der Waals surface area contributed by atoms with Crippen LogP contribution in [-0.2, 0) is 11.3 Å². The van der Waals surface area contributed by atoms with Gasteiger partial charge in [-0.2, -0.15) is 0 Å². The summed E-state index contributed by atoms with van der Waals surface area (Å²) in [5.74, 6) is 0.216. The second kappa shape index (κ2) is 10.2. The molecular weight excluding hydrogens is 356 g/mol. The summed E-state index contributed by atoms with van der Waals surface area (Å²) in [4.78, 5) is 25.4. The highest BCUT2D eigenvalue weighted by Gasteiger charge is 2.08. The Morgan fingerprint density at radius 1 is 1.00 bits per heavy atom. The molecule has 0 aliphatic rings. The summed E-state index contributed by atoms with van der Waals surface area (Å²) in [7, 11) is 0. The van der Waals surface area contributed by atoms with Crippen LogP contribution in [0.15, 0.2) is 53.4 Å². The third-order valence-electron chi connectivity index (χ3n) is 3.75. The molecule has 0 aliphatic heterocycles. The van der Waals surface area contributed by atoms with Crippen molar-refractivity contribution in [3.63, 3.8) is 0 Å². The molecule has 2 rings (SSSR count). The van der Waals surface area contributed by atoms with Gasteiger partial charge in [0.2, 0.25) is 5.91 Å². The van der Waals surface area contributed by atoms with Crippen LogP contribution in [0.3, 0.4) is 0 Å². The van der Waals surface area contributed by atoms with Crippen LogP contribution in [0.5, 0.6) is 0 Å². The molecule has 0 unspecified atom stereocenters. The molecular formula is C22H28N2O2S. The highest BCUT2D eigenvalue weighted by molar-refractivity contribution is 7.99. The van der Waals surface area contributed by atoms with Crippen LogP contribution >= 0.6 is 11.8 Å². The Morgan fingerprint density at radius 3 is 2.33 bits per heavy atom. The van der Waals surface area contributed by atoms with Gasteiger partial charge < -0.3 is 10.6 Å². The van der Waals surface area contributed by atoms with E-state index in [4.69, 9.17) is 0 Å². The van der Waals surface area contributed by atoms with Gasteiger partial charge in [0, 0.05) is 34.4 Å². The van der Waals surface area contributed by atoms with Crippen LogP contribution in [0.1, 0.15) is 50.0 Å². The zero-order chi connectivity index (χ0) is 19.8. The van der Waals surface area contributed by atoms with Gasteiger partial charge in [-0.3, -0.25) is 9.59 Å². The van der Waals surface area contributed by atoms with Crippen molar-refractivity contribution in [3.8, 4) is 0 Å². The molecule has 0 aliphatic carbocycles. The molecule has 4 nitrogen and oxygen atoms in total. The molecule has 0 heterocycles. The molecule has 2 N–H and O–H groups in total. The summed E-state index contributed by atoms with van der Waals surface area (Å²) >= 11 is 1.77. The minimum atomic E-state index is -0.106. The molecule has 144 valence electrons. The quantitative estimate of drug-likeness (QED) is 0.622. The van der Waals surface area contributed by atoms with E-state index >= 15 is 0 Å². The van der Waals surface area contributed by atoms with Gasteiger partial charge in [0.1, 0.15) is 0 Å². The number of nitrogens with one attached hydrogen (secondary N) is 2. The van der Waals surface area contributed by atoms with E-state index < -0.39 is 0 Å². The van der Waals surface area contributed by atoms with E-state index in [0.29, 0.717) is 29.7 Å². The lowest BCUT2D eigenvalue weighted by atomic mass is 10.1. The average molecular weight is 385 g/mol. The third-order valence-corrected chi connectivity index (χ3v) is 4.76. The molecule has 5 heteroatoms. The number of anilines is 1. The molecule has 0 atom stereocenters. The molecule has 0 saturated carbocycles. The Kier molecular flexibility index (Phi) is 7.92. The average Bonchev–Trinajstić information content (AvgIpc) is 2.59. The van der Waals surface area contributed by atoms with E-state index in [1.807, 2.05) is 62.4 Å². The highest BCUT2D eigenvalue weighted by Crippen LogP contribution is 2.22. The highest BCUT2D eigenvalue weighted by atomic mass is 32.2. The van der Waals surface area contributed by atoms with Gasteiger partial charge in [-0.05, 0) is 47.9 Å². The second-order valence-electron chi connectivity index (χ2n) is 7.22. The van der Waals surface area contributed by atoms with Crippen molar-refractivity contribution in [1.29, 1.82) is 0 Å². The number of hydrogen-bond donors (Lipinski definition) is 2. The monoisotopic (exact) mass is 384 g/mol. The van der Waals surface area contributed by atoms with Crippen molar-refractivity contribution in [3.05, 3.63) is 59.7 Å². The summed E-state index contributed by atoms with van der Waals surface area (Å²) in [6.45, 7) is 8.73. The van der Waals surface area contributed by atoms with E-state index in [1.54, 1.807) is 11.8 Å². The Balaban J connectivity index is 1.91. The van der Waals surface area contributed by atoms with Crippen molar-refractivity contribution in [2.75, 3.05) is 5.32 Å². The largest absolute Gasteiger partial charge is 0.348 e. The van der Waals surface area contributed by atoms with Crippen LogP contribution in [-0.4, -0.2) is 17.1 Å². The number of carbonyl (C=O) groups is 2. The van der Waals surface area contributed by atoms with Crippen LogP contribution in [0.25, 0.3) is 0 Å². The first kappa shape index (κ1) is 21.0. The summed E-state index contributed by atoms with van der Waals surface area (Å²) in [6, 6.07) is 15.2. The first-order chi connectivity index (χ1) is 12.8. The van der Waals surface area contributed by atoms with Crippen LogP contribution < -0.4 is 10.6 Å².